The van der Waals surface area contributed by atoms with Gasteiger partial charge in [0.2, 0.25) is 0 Å². The van der Waals surface area contributed by atoms with Crippen LogP contribution in [0.4, 0.5) is 0 Å². The predicted molar refractivity (Wildman–Crippen MR) is 154 cm³/mol. The van der Waals surface area contributed by atoms with E-state index in [0.29, 0.717) is 0 Å². The molecule has 2 aliphatic carbocycles. The summed E-state index contributed by atoms with van der Waals surface area (Å²) >= 11 is 0. The summed E-state index contributed by atoms with van der Waals surface area (Å²) < 4.78 is 0. The van der Waals surface area contributed by atoms with Crippen LogP contribution in [0.15, 0.2) is 36.7 Å². The summed E-state index contributed by atoms with van der Waals surface area (Å²) in [5.74, 6) is 4.67. The number of hydrogen-bond donors (Lipinski definition) is 0. The lowest BCUT2D eigenvalue weighted by atomic mass is 9.68. The van der Waals surface area contributed by atoms with E-state index in [1.54, 1.807) is 0 Å². The molecule has 2 heteroatoms. The third-order valence-corrected chi connectivity index (χ3v) is 9.46. The zero-order valence-corrected chi connectivity index (χ0v) is 23.4. The lowest BCUT2D eigenvalue weighted by molar-refractivity contribution is 0.155. The van der Waals surface area contributed by atoms with Crippen LogP contribution in [-0.4, -0.2) is 9.97 Å². The van der Waals surface area contributed by atoms with Gasteiger partial charge in [-0.3, -0.25) is 0 Å². The van der Waals surface area contributed by atoms with Crippen LogP contribution >= 0.6 is 0 Å². The van der Waals surface area contributed by atoms with Crippen LogP contribution in [0.1, 0.15) is 140 Å². The monoisotopic (exact) mass is 488 g/mol. The Labute approximate surface area is 222 Å². The second-order valence-corrected chi connectivity index (χ2v) is 12.1. The fourth-order valence-corrected chi connectivity index (χ4v) is 7.03. The molecule has 36 heavy (non-hydrogen) atoms. The highest BCUT2D eigenvalue weighted by molar-refractivity contribution is 5.55. The normalized spacial score (nSPS) is 24.6. The van der Waals surface area contributed by atoms with Crippen molar-refractivity contribution in [1.82, 2.24) is 9.97 Å². The first-order chi connectivity index (χ1) is 17.8. The highest BCUT2D eigenvalue weighted by Gasteiger charge is 2.31. The molecule has 0 unspecified atom stereocenters. The van der Waals surface area contributed by atoms with E-state index in [1.807, 2.05) is 12.4 Å². The van der Waals surface area contributed by atoms with Crippen LogP contribution in [-0.2, 0) is 6.42 Å². The minimum atomic E-state index is 0.747. The van der Waals surface area contributed by atoms with Gasteiger partial charge in [0.15, 0.2) is 5.82 Å². The Balaban J connectivity index is 1.19. The first-order valence-corrected chi connectivity index (χ1v) is 15.7. The smallest absolute Gasteiger partial charge is 0.159 e. The van der Waals surface area contributed by atoms with E-state index >= 15 is 0 Å². The van der Waals surface area contributed by atoms with Gasteiger partial charge in [-0.25, -0.2) is 9.97 Å². The Morgan fingerprint density at radius 3 is 1.86 bits per heavy atom. The van der Waals surface area contributed by atoms with Gasteiger partial charge in [-0.05, 0) is 86.2 Å². The third kappa shape index (κ3) is 8.15. The molecule has 2 fully saturated rings. The average Bonchev–Trinajstić information content (AvgIpc) is 2.94. The molecule has 198 valence electrons. The van der Waals surface area contributed by atoms with Gasteiger partial charge in [0.1, 0.15) is 0 Å². The van der Waals surface area contributed by atoms with E-state index in [-0.39, 0.29) is 0 Å². The van der Waals surface area contributed by atoms with Gasteiger partial charge in [0.05, 0.1) is 0 Å². The van der Waals surface area contributed by atoms with Crippen molar-refractivity contribution >= 4 is 0 Å². The first kappa shape index (κ1) is 27.3. The van der Waals surface area contributed by atoms with Gasteiger partial charge in [0.25, 0.3) is 0 Å². The maximum atomic E-state index is 4.68. The molecular weight excluding hydrogens is 436 g/mol. The Hall–Kier alpha value is -1.70. The fraction of sp³-hybridized carbons (Fsp3) is 0.706. The van der Waals surface area contributed by atoms with Crippen molar-refractivity contribution in [2.24, 2.45) is 17.8 Å². The zero-order valence-electron chi connectivity index (χ0n) is 23.4. The van der Waals surface area contributed by atoms with Crippen LogP contribution in [0.3, 0.4) is 0 Å². The minimum Gasteiger partial charge on any atom is -0.236 e. The van der Waals surface area contributed by atoms with E-state index in [9.17, 15) is 0 Å². The molecule has 2 aromatic rings. The van der Waals surface area contributed by atoms with Crippen LogP contribution in [0.5, 0.6) is 0 Å². The molecular formula is C34H52N2. The molecule has 0 saturated heterocycles. The summed E-state index contributed by atoms with van der Waals surface area (Å²) in [6, 6.07) is 9.21. The molecule has 0 bridgehead atoms. The first-order valence-electron chi connectivity index (χ1n) is 15.7. The molecule has 0 atom stereocenters. The fourth-order valence-electron chi connectivity index (χ4n) is 7.03. The molecule has 2 nitrogen and oxygen atoms in total. The Morgan fingerprint density at radius 2 is 1.22 bits per heavy atom. The van der Waals surface area contributed by atoms with E-state index < -0.39 is 0 Å². The highest BCUT2D eigenvalue weighted by Crippen LogP contribution is 2.44. The molecule has 4 rings (SSSR count). The summed E-state index contributed by atoms with van der Waals surface area (Å²) in [6.45, 7) is 4.59. The van der Waals surface area contributed by atoms with Crippen molar-refractivity contribution in [3.63, 3.8) is 0 Å². The molecule has 1 aromatic carbocycles. The second-order valence-electron chi connectivity index (χ2n) is 12.1. The molecule has 0 radical (unpaired) electrons. The predicted octanol–water partition coefficient (Wildman–Crippen LogP) is 10.3. The van der Waals surface area contributed by atoms with Gasteiger partial charge < -0.3 is 0 Å². The van der Waals surface area contributed by atoms with Crippen molar-refractivity contribution in [1.29, 1.82) is 0 Å². The highest BCUT2D eigenvalue weighted by atomic mass is 14.9. The van der Waals surface area contributed by atoms with E-state index in [2.05, 4.69) is 48.1 Å². The van der Waals surface area contributed by atoms with Crippen LogP contribution in [0.2, 0.25) is 0 Å². The van der Waals surface area contributed by atoms with Crippen LogP contribution in [0, 0.1) is 17.8 Å². The van der Waals surface area contributed by atoms with E-state index in [1.165, 1.54) is 120 Å². The molecule has 2 aliphatic rings. The Kier molecular flexibility index (Phi) is 11.3. The van der Waals surface area contributed by atoms with Crippen molar-refractivity contribution in [3.8, 4) is 11.4 Å². The third-order valence-electron chi connectivity index (χ3n) is 9.46. The number of aromatic nitrogens is 2. The molecule has 0 aliphatic heterocycles. The standard InChI is InChI=1S/C34H52N2/c1-3-5-7-8-10-12-28-25-35-34(36-26-28)33-23-21-32(22-24-33)31-19-17-30(18-20-31)29-15-13-27(14-16-29)11-9-6-4-2/h21-27,29-31H,3-20H2,1-2H3. The largest absolute Gasteiger partial charge is 0.236 e. The summed E-state index contributed by atoms with van der Waals surface area (Å²) in [6.07, 6.45) is 29.2. The summed E-state index contributed by atoms with van der Waals surface area (Å²) in [5, 5.41) is 0. The second kappa shape index (κ2) is 14.9. The molecule has 1 aromatic heterocycles. The number of benzene rings is 1. The van der Waals surface area contributed by atoms with Gasteiger partial charge >= 0.3 is 0 Å². The lowest BCUT2D eigenvalue weighted by Crippen LogP contribution is -2.25. The van der Waals surface area contributed by atoms with Gasteiger partial charge in [-0.15, -0.1) is 0 Å². The number of nitrogens with zero attached hydrogens (tertiary/aromatic N) is 2. The molecule has 0 N–H and O–H groups in total. The van der Waals surface area contributed by atoms with Gasteiger partial charge in [-0.2, -0.15) is 0 Å². The lowest BCUT2D eigenvalue weighted by Gasteiger charge is -2.38. The van der Waals surface area contributed by atoms with Crippen molar-refractivity contribution < 1.29 is 0 Å². The maximum absolute atomic E-state index is 4.68. The number of rotatable bonds is 13. The molecule has 2 saturated carbocycles. The zero-order chi connectivity index (χ0) is 25.0. The van der Waals surface area contributed by atoms with Gasteiger partial charge in [-0.1, -0.05) is 102 Å². The molecule has 0 spiro atoms. The average molecular weight is 489 g/mol. The van der Waals surface area contributed by atoms with E-state index in [4.69, 9.17) is 0 Å². The van der Waals surface area contributed by atoms with Gasteiger partial charge in [0, 0.05) is 18.0 Å². The number of hydrogen-bond acceptors (Lipinski definition) is 2. The van der Waals surface area contributed by atoms with Crippen LogP contribution < -0.4 is 0 Å². The molecule has 1 heterocycles. The minimum absolute atomic E-state index is 0.747. The summed E-state index contributed by atoms with van der Waals surface area (Å²) in [4.78, 5) is 9.37. The Bertz CT molecular complexity index is 840. The topological polar surface area (TPSA) is 25.8 Å². The van der Waals surface area contributed by atoms with E-state index in [0.717, 1.165) is 41.5 Å². The van der Waals surface area contributed by atoms with Crippen molar-refractivity contribution in [3.05, 3.63) is 47.8 Å². The van der Waals surface area contributed by atoms with Crippen molar-refractivity contribution in [2.75, 3.05) is 0 Å². The maximum Gasteiger partial charge on any atom is 0.159 e. The summed E-state index contributed by atoms with van der Waals surface area (Å²) in [7, 11) is 0. The SMILES string of the molecule is CCCCCCCc1cnc(-c2ccc(C3CCC(C4CCC(CCCCC)CC4)CC3)cc2)nc1. The molecule has 0 amide bonds. The quantitative estimate of drug-likeness (QED) is 0.262. The Morgan fingerprint density at radius 1 is 0.639 bits per heavy atom. The summed E-state index contributed by atoms with van der Waals surface area (Å²) in [5.41, 5.74) is 3.95. The number of unbranched alkanes of at least 4 members (excludes halogenated alkanes) is 6. The van der Waals surface area contributed by atoms with Crippen molar-refractivity contribution in [2.45, 2.75) is 135 Å². The number of aryl methyl sites for hydroxylation is 1. The van der Waals surface area contributed by atoms with Crippen LogP contribution in [0.25, 0.3) is 11.4 Å².